The topological polar surface area (TPSA) is 70.3 Å². The Balaban J connectivity index is 2.89. The van der Waals surface area contributed by atoms with E-state index in [0.717, 1.165) is 0 Å². The first-order chi connectivity index (χ1) is 7.19. The Hall–Kier alpha value is -1.86. The van der Waals surface area contributed by atoms with E-state index in [0.29, 0.717) is 11.1 Å². The van der Waals surface area contributed by atoms with E-state index in [1.54, 1.807) is 24.3 Å². The SMILES string of the molecule is COC(Cc1ccccc1C#N)C(=O)O. The number of nitriles is 1. The lowest BCUT2D eigenvalue weighted by Crippen LogP contribution is -2.25. The summed E-state index contributed by atoms with van der Waals surface area (Å²) in [6.45, 7) is 0. The number of nitrogens with zero attached hydrogens (tertiary/aromatic N) is 1. The molecule has 1 rings (SSSR count). The summed E-state index contributed by atoms with van der Waals surface area (Å²) in [5.74, 6) is -1.02. The molecule has 0 amide bonds. The van der Waals surface area contributed by atoms with E-state index in [1.165, 1.54) is 7.11 Å². The summed E-state index contributed by atoms with van der Waals surface area (Å²) in [6.07, 6.45) is -0.699. The molecule has 0 spiro atoms. The second-order valence-electron chi connectivity index (χ2n) is 3.04. The maximum absolute atomic E-state index is 10.7. The largest absolute Gasteiger partial charge is 0.479 e. The van der Waals surface area contributed by atoms with Gasteiger partial charge in [-0.25, -0.2) is 4.79 Å². The van der Waals surface area contributed by atoms with E-state index in [-0.39, 0.29) is 6.42 Å². The van der Waals surface area contributed by atoms with Gasteiger partial charge in [0.1, 0.15) is 0 Å². The molecule has 1 aromatic carbocycles. The monoisotopic (exact) mass is 205 g/mol. The maximum Gasteiger partial charge on any atom is 0.333 e. The molecule has 0 saturated carbocycles. The van der Waals surface area contributed by atoms with Crippen LogP contribution in [0.1, 0.15) is 11.1 Å². The Morgan fingerprint density at radius 2 is 2.27 bits per heavy atom. The van der Waals surface area contributed by atoms with Gasteiger partial charge in [-0.2, -0.15) is 5.26 Å². The standard InChI is InChI=1S/C11H11NO3/c1-15-10(11(13)14)6-8-4-2-3-5-9(8)7-12/h2-5,10H,6H2,1H3,(H,13,14). The smallest absolute Gasteiger partial charge is 0.333 e. The van der Waals surface area contributed by atoms with Crippen molar-refractivity contribution in [3.8, 4) is 6.07 Å². The molecule has 0 bridgehead atoms. The van der Waals surface area contributed by atoms with Gasteiger partial charge >= 0.3 is 5.97 Å². The third kappa shape index (κ3) is 2.79. The van der Waals surface area contributed by atoms with Gasteiger partial charge in [0.05, 0.1) is 11.6 Å². The van der Waals surface area contributed by atoms with Crippen LogP contribution in [0, 0.1) is 11.3 Å². The molecule has 0 aliphatic rings. The summed E-state index contributed by atoms with van der Waals surface area (Å²) in [6, 6.07) is 8.91. The second kappa shape index (κ2) is 5.13. The predicted molar refractivity (Wildman–Crippen MR) is 53.3 cm³/mol. The summed E-state index contributed by atoms with van der Waals surface area (Å²) in [5, 5.41) is 17.6. The van der Waals surface area contributed by atoms with Crippen LogP contribution in [0.25, 0.3) is 0 Å². The maximum atomic E-state index is 10.7. The fraction of sp³-hybridized carbons (Fsp3) is 0.273. The number of methoxy groups -OCH3 is 1. The number of carboxylic acid groups (broad SMARTS) is 1. The molecule has 1 N–H and O–H groups in total. The van der Waals surface area contributed by atoms with Gasteiger partial charge < -0.3 is 9.84 Å². The summed E-state index contributed by atoms with van der Waals surface area (Å²) in [7, 11) is 1.34. The number of carbonyl (C=O) groups is 1. The molecule has 1 atom stereocenters. The highest BCUT2D eigenvalue weighted by atomic mass is 16.5. The zero-order chi connectivity index (χ0) is 11.3. The van der Waals surface area contributed by atoms with Gasteiger partial charge in [0.15, 0.2) is 6.10 Å². The third-order valence-electron chi connectivity index (χ3n) is 2.10. The molecule has 78 valence electrons. The fourth-order valence-electron chi connectivity index (χ4n) is 1.28. The zero-order valence-corrected chi connectivity index (χ0v) is 8.30. The highest BCUT2D eigenvalue weighted by molar-refractivity contribution is 5.72. The summed E-state index contributed by atoms with van der Waals surface area (Å²) < 4.78 is 4.81. The molecule has 0 saturated heterocycles. The van der Waals surface area contributed by atoms with Crippen LogP contribution in [0.3, 0.4) is 0 Å². The molecule has 0 heterocycles. The van der Waals surface area contributed by atoms with Crippen molar-refractivity contribution in [1.29, 1.82) is 5.26 Å². The lowest BCUT2D eigenvalue weighted by atomic mass is 10.0. The number of hydrogen-bond acceptors (Lipinski definition) is 3. The minimum atomic E-state index is -1.02. The molecule has 0 fully saturated rings. The van der Waals surface area contributed by atoms with Crippen molar-refractivity contribution in [2.75, 3.05) is 7.11 Å². The second-order valence-corrected chi connectivity index (χ2v) is 3.04. The minimum Gasteiger partial charge on any atom is -0.479 e. The molecule has 0 aliphatic heterocycles. The van der Waals surface area contributed by atoms with Gasteiger partial charge in [-0.1, -0.05) is 18.2 Å². The Kier molecular flexibility index (Phi) is 3.83. The molecule has 4 nitrogen and oxygen atoms in total. The quantitative estimate of drug-likeness (QED) is 0.801. The van der Waals surface area contributed by atoms with Crippen LogP contribution in [-0.4, -0.2) is 24.3 Å². The van der Waals surface area contributed by atoms with Crippen molar-refractivity contribution in [3.63, 3.8) is 0 Å². The number of rotatable bonds is 4. The summed E-state index contributed by atoms with van der Waals surface area (Å²) in [4.78, 5) is 10.7. The van der Waals surface area contributed by atoms with Crippen molar-refractivity contribution in [2.45, 2.75) is 12.5 Å². The van der Waals surface area contributed by atoms with Gasteiger partial charge in [0.25, 0.3) is 0 Å². The number of benzene rings is 1. The number of hydrogen-bond donors (Lipinski definition) is 1. The van der Waals surface area contributed by atoms with Crippen molar-refractivity contribution >= 4 is 5.97 Å². The van der Waals surface area contributed by atoms with E-state index in [1.807, 2.05) is 6.07 Å². The van der Waals surface area contributed by atoms with Crippen LogP contribution in [-0.2, 0) is 16.0 Å². The molecular formula is C11H11NO3. The summed E-state index contributed by atoms with van der Waals surface area (Å²) >= 11 is 0. The normalized spacial score (nSPS) is 11.7. The predicted octanol–water partition coefficient (Wildman–Crippen LogP) is 1.20. The number of carboxylic acids is 1. The van der Waals surface area contributed by atoms with E-state index >= 15 is 0 Å². The van der Waals surface area contributed by atoms with Crippen LogP contribution in [0.5, 0.6) is 0 Å². The van der Waals surface area contributed by atoms with Crippen molar-refractivity contribution < 1.29 is 14.6 Å². The Labute approximate surface area is 87.7 Å². The van der Waals surface area contributed by atoms with Crippen LogP contribution in [0.2, 0.25) is 0 Å². The van der Waals surface area contributed by atoms with Gasteiger partial charge in [-0.15, -0.1) is 0 Å². The summed E-state index contributed by atoms with van der Waals surface area (Å²) in [5.41, 5.74) is 1.18. The minimum absolute atomic E-state index is 0.204. The van der Waals surface area contributed by atoms with Crippen LogP contribution < -0.4 is 0 Å². The average molecular weight is 205 g/mol. The average Bonchev–Trinajstić information content (AvgIpc) is 2.25. The number of ether oxygens (including phenoxy) is 1. The van der Waals surface area contributed by atoms with Crippen LogP contribution >= 0.6 is 0 Å². The highest BCUT2D eigenvalue weighted by Gasteiger charge is 2.18. The van der Waals surface area contributed by atoms with E-state index in [4.69, 9.17) is 15.1 Å². The Bertz CT molecular complexity index is 395. The van der Waals surface area contributed by atoms with Crippen molar-refractivity contribution in [2.24, 2.45) is 0 Å². The lowest BCUT2D eigenvalue weighted by molar-refractivity contribution is -0.148. The van der Waals surface area contributed by atoms with Gasteiger partial charge in [0, 0.05) is 13.5 Å². The first-order valence-electron chi connectivity index (χ1n) is 4.42. The van der Waals surface area contributed by atoms with Gasteiger partial charge in [-0.05, 0) is 11.6 Å². The molecule has 1 unspecified atom stereocenters. The highest BCUT2D eigenvalue weighted by Crippen LogP contribution is 2.11. The molecule has 0 radical (unpaired) electrons. The van der Waals surface area contributed by atoms with E-state index in [2.05, 4.69) is 0 Å². The molecular weight excluding hydrogens is 194 g/mol. The first kappa shape index (κ1) is 11.2. The van der Waals surface area contributed by atoms with Crippen LogP contribution in [0.15, 0.2) is 24.3 Å². The van der Waals surface area contributed by atoms with E-state index < -0.39 is 12.1 Å². The zero-order valence-electron chi connectivity index (χ0n) is 8.30. The first-order valence-corrected chi connectivity index (χ1v) is 4.42. The van der Waals surface area contributed by atoms with Crippen molar-refractivity contribution in [3.05, 3.63) is 35.4 Å². The Morgan fingerprint density at radius 1 is 1.60 bits per heavy atom. The van der Waals surface area contributed by atoms with Crippen molar-refractivity contribution in [1.82, 2.24) is 0 Å². The lowest BCUT2D eigenvalue weighted by Gasteiger charge is -2.10. The third-order valence-corrected chi connectivity index (χ3v) is 2.10. The Morgan fingerprint density at radius 3 is 2.80 bits per heavy atom. The molecule has 4 heteroatoms. The van der Waals surface area contributed by atoms with Crippen LogP contribution in [0.4, 0.5) is 0 Å². The van der Waals surface area contributed by atoms with E-state index in [9.17, 15) is 4.79 Å². The molecule has 1 aromatic rings. The van der Waals surface area contributed by atoms with Gasteiger partial charge in [0.2, 0.25) is 0 Å². The number of aliphatic carboxylic acids is 1. The fourth-order valence-corrected chi connectivity index (χ4v) is 1.28. The molecule has 0 aromatic heterocycles. The molecule has 0 aliphatic carbocycles. The molecule has 15 heavy (non-hydrogen) atoms. The van der Waals surface area contributed by atoms with Gasteiger partial charge in [-0.3, -0.25) is 0 Å².